The molecule has 1 fully saturated rings. The van der Waals surface area contributed by atoms with Crippen LogP contribution in [0.1, 0.15) is 23.4 Å². The number of alkyl halides is 3. The largest absolute Gasteiger partial charge is 0.433 e. The number of nitrogens with zero attached hydrogens (tertiary/aromatic N) is 5. The van der Waals surface area contributed by atoms with Crippen molar-refractivity contribution >= 4 is 16.9 Å². The van der Waals surface area contributed by atoms with Crippen LogP contribution in [0.25, 0.3) is 11.0 Å². The van der Waals surface area contributed by atoms with E-state index in [0.717, 1.165) is 22.9 Å². The van der Waals surface area contributed by atoms with Crippen LogP contribution in [0.5, 0.6) is 0 Å². The van der Waals surface area contributed by atoms with Crippen molar-refractivity contribution in [3.63, 3.8) is 0 Å². The molecule has 0 atom stereocenters. The van der Waals surface area contributed by atoms with Crippen LogP contribution >= 0.6 is 0 Å². The molecule has 0 unspecified atom stereocenters. The topological polar surface area (TPSA) is 46.8 Å². The van der Waals surface area contributed by atoms with Gasteiger partial charge in [0.15, 0.2) is 0 Å². The van der Waals surface area contributed by atoms with Gasteiger partial charge in [-0.05, 0) is 26.0 Å². The third-order valence-corrected chi connectivity index (χ3v) is 4.44. The second-order valence-corrected chi connectivity index (χ2v) is 6.23. The first-order valence-corrected chi connectivity index (χ1v) is 7.94. The summed E-state index contributed by atoms with van der Waals surface area (Å²) in [7, 11) is 0. The average Bonchev–Trinajstić information content (AvgIpc) is 2.81. The quantitative estimate of drug-likeness (QED) is 0.712. The summed E-state index contributed by atoms with van der Waals surface area (Å²) in [6, 6.07) is 9.04. The maximum Gasteiger partial charge on any atom is 0.433 e. The summed E-state index contributed by atoms with van der Waals surface area (Å²) in [5.74, 6) is 1.34. The Balaban J connectivity index is 1.60. The number of benzene rings is 1. The fourth-order valence-corrected chi connectivity index (χ4v) is 3.29. The molecule has 0 aliphatic carbocycles. The van der Waals surface area contributed by atoms with E-state index in [4.69, 9.17) is 0 Å². The molecule has 1 aliphatic rings. The van der Waals surface area contributed by atoms with Crippen molar-refractivity contribution in [1.29, 1.82) is 0 Å². The highest BCUT2D eigenvalue weighted by Crippen LogP contribution is 2.34. The summed E-state index contributed by atoms with van der Waals surface area (Å²) < 4.78 is 41.0. The number of anilines is 1. The molecule has 0 saturated carbocycles. The minimum absolute atomic E-state index is 0.123. The molecule has 1 aromatic carbocycles. The molecule has 2 aromatic heterocycles. The van der Waals surface area contributed by atoms with Crippen molar-refractivity contribution in [2.75, 3.05) is 18.0 Å². The van der Waals surface area contributed by atoms with Crippen LogP contribution in [-0.2, 0) is 6.18 Å². The Morgan fingerprint density at radius 3 is 2.48 bits per heavy atom. The number of halogens is 3. The van der Waals surface area contributed by atoms with E-state index in [0.29, 0.717) is 18.9 Å². The second-order valence-electron chi connectivity index (χ2n) is 6.23. The Labute approximate surface area is 142 Å². The van der Waals surface area contributed by atoms with Gasteiger partial charge >= 0.3 is 6.18 Å². The summed E-state index contributed by atoms with van der Waals surface area (Å²) >= 11 is 0. The minimum Gasteiger partial charge on any atom is -0.352 e. The molecule has 0 N–H and O–H groups in total. The van der Waals surface area contributed by atoms with Crippen molar-refractivity contribution in [1.82, 2.24) is 19.5 Å². The highest BCUT2D eigenvalue weighted by molar-refractivity contribution is 5.76. The van der Waals surface area contributed by atoms with Crippen LogP contribution in [0.3, 0.4) is 0 Å². The van der Waals surface area contributed by atoms with Gasteiger partial charge in [0.25, 0.3) is 0 Å². The SMILES string of the molecule is Cc1nc(N2CC(n3c(C)nc4ccccc43)C2)cc(C(F)(F)F)n1. The summed E-state index contributed by atoms with van der Waals surface area (Å²) in [4.78, 5) is 14.0. The molecular weight excluding hydrogens is 331 g/mol. The molecule has 0 radical (unpaired) electrons. The highest BCUT2D eigenvalue weighted by Gasteiger charge is 2.36. The van der Waals surface area contributed by atoms with Gasteiger partial charge in [0.05, 0.1) is 17.1 Å². The molecule has 0 amide bonds. The van der Waals surface area contributed by atoms with E-state index in [1.54, 1.807) is 0 Å². The third kappa shape index (κ3) is 2.71. The Hall–Kier alpha value is -2.64. The van der Waals surface area contributed by atoms with E-state index in [1.807, 2.05) is 36.1 Å². The molecule has 5 nitrogen and oxygen atoms in total. The normalized spacial score (nSPS) is 15.6. The van der Waals surface area contributed by atoms with Gasteiger partial charge in [-0.15, -0.1) is 0 Å². The lowest BCUT2D eigenvalue weighted by Gasteiger charge is -2.41. The van der Waals surface area contributed by atoms with E-state index >= 15 is 0 Å². The maximum absolute atomic E-state index is 12.9. The summed E-state index contributed by atoms with van der Waals surface area (Å²) in [5.41, 5.74) is 1.07. The van der Waals surface area contributed by atoms with Gasteiger partial charge in [0.2, 0.25) is 0 Å². The number of rotatable bonds is 2. The Morgan fingerprint density at radius 1 is 1.04 bits per heavy atom. The van der Waals surface area contributed by atoms with Gasteiger partial charge in [0, 0.05) is 19.2 Å². The van der Waals surface area contributed by atoms with Crippen molar-refractivity contribution in [3.05, 3.63) is 47.7 Å². The van der Waals surface area contributed by atoms with Crippen LogP contribution in [0, 0.1) is 13.8 Å². The minimum atomic E-state index is -4.47. The molecule has 1 aliphatic heterocycles. The van der Waals surface area contributed by atoms with Crippen LogP contribution in [-0.4, -0.2) is 32.6 Å². The number of hydrogen-bond acceptors (Lipinski definition) is 4. The third-order valence-electron chi connectivity index (χ3n) is 4.44. The lowest BCUT2D eigenvalue weighted by molar-refractivity contribution is -0.141. The first-order chi connectivity index (χ1) is 11.8. The Bertz CT molecular complexity index is 941. The van der Waals surface area contributed by atoms with Gasteiger partial charge in [-0.2, -0.15) is 13.2 Å². The van der Waals surface area contributed by atoms with Crippen molar-refractivity contribution in [3.8, 4) is 0 Å². The molecule has 0 spiro atoms. The van der Waals surface area contributed by atoms with E-state index in [-0.39, 0.29) is 11.9 Å². The molecular formula is C17H16F3N5. The van der Waals surface area contributed by atoms with Crippen molar-refractivity contribution < 1.29 is 13.2 Å². The number of aromatic nitrogens is 4. The smallest absolute Gasteiger partial charge is 0.352 e. The van der Waals surface area contributed by atoms with Gasteiger partial charge in [-0.1, -0.05) is 12.1 Å². The lowest BCUT2D eigenvalue weighted by atomic mass is 10.1. The predicted octanol–water partition coefficient (Wildman–Crippen LogP) is 3.52. The zero-order chi connectivity index (χ0) is 17.8. The molecule has 4 rings (SSSR count). The fourth-order valence-electron chi connectivity index (χ4n) is 3.29. The van der Waals surface area contributed by atoms with E-state index in [9.17, 15) is 13.2 Å². The highest BCUT2D eigenvalue weighted by atomic mass is 19.4. The summed E-state index contributed by atoms with van der Waals surface area (Å²) in [6.07, 6.45) is -4.47. The van der Waals surface area contributed by atoms with E-state index in [2.05, 4.69) is 19.5 Å². The molecule has 130 valence electrons. The second kappa shape index (κ2) is 5.44. The van der Waals surface area contributed by atoms with Crippen LogP contribution in [0.2, 0.25) is 0 Å². The van der Waals surface area contributed by atoms with Crippen molar-refractivity contribution in [2.45, 2.75) is 26.1 Å². The van der Waals surface area contributed by atoms with Crippen LogP contribution in [0.4, 0.5) is 19.0 Å². The first kappa shape index (κ1) is 15.9. The molecule has 8 heteroatoms. The van der Waals surface area contributed by atoms with Gasteiger partial charge in [0.1, 0.15) is 23.2 Å². The van der Waals surface area contributed by atoms with Crippen LogP contribution in [0.15, 0.2) is 30.3 Å². The van der Waals surface area contributed by atoms with Gasteiger partial charge < -0.3 is 9.47 Å². The first-order valence-electron chi connectivity index (χ1n) is 7.94. The number of fused-ring (bicyclic) bond motifs is 1. The lowest BCUT2D eigenvalue weighted by Crippen LogP contribution is -2.48. The van der Waals surface area contributed by atoms with E-state index in [1.165, 1.54) is 6.92 Å². The molecule has 25 heavy (non-hydrogen) atoms. The van der Waals surface area contributed by atoms with Crippen LogP contribution < -0.4 is 4.90 Å². The average molecular weight is 347 g/mol. The number of hydrogen-bond donors (Lipinski definition) is 0. The fraction of sp³-hybridized carbons (Fsp3) is 0.353. The van der Waals surface area contributed by atoms with Crippen molar-refractivity contribution in [2.24, 2.45) is 0 Å². The standard InChI is InChI=1S/C17H16F3N5/c1-10-21-15(17(18,19)20)7-16(22-10)24-8-12(9-24)25-11(2)23-13-5-3-4-6-14(13)25/h3-7,12H,8-9H2,1-2H3. The summed E-state index contributed by atoms with van der Waals surface area (Å²) in [5, 5.41) is 0. The predicted molar refractivity (Wildman–Crippen MR) is 87.5 cm³/mol. The monoisotopic (exact) mass is 347 g/mol. The zero-order valence-electron chi connectivity index (χ0n) is 13.7. The molecule has 0 bridgehead atoms. The Morgan fingerprint density at radius 2 is 1.76 bits per heavy atom. The molecule has 3 heterocycles. The maximum atomic E-state index is 12.9. The van der Waals surface area contributed by atoms with E-state index < -0.39 is 11.9 Å². The van der Waals surface area contributed by atoms with Gasteiger partial charge in [-0.3, -0.25) is 0 Å². The number of aryl methyl sites for hydroxylation is 2. The zero-order valence-corrected chi connectivity index (χ0v) is 13.7. The summed E-state index contributed by atoms with van der Waals surface area (Å²) in [6.45, 7) is 4.60. The number of para-hydroxylation sites is 2. The number of imidazole rings is 1. The molecule has 3 aromatic rings. The Kier molecular flexibility index (Phi) is 3.45. The molecule has 1 saturated heterocycles. The van der Waals surface area contributed by atoms with Gasteiger partial charge in [-0.25, -0.2) is 15.0 Å².